The summed E-state index contributed by atoms with van der Waals surface area (Å²) in [6.07, 6.45) is 5.08. The summed E-state index contributed by atoms with van der Waals surface area (Å²) in [7, 11) is 2.03. The van der Waals surface area contributed by atoms with E-state index in [1.54, 1.807) is 4.52 Å². The second kappa shape index (κ2) is 5.31. The number of unbranched alkanes of at least 4 members (excludes halogenated alkanes) is 2. The fourth-order valence-corrected chi connectivity index (χ4v) is 1.93. The lowest BCUT2D eigenvalue weighted by Crippen LogP contribution is -2.21. The van der Waals surface area contributed by atoms with Crippen LogP contribution in [-0.4, -0.2) is 33.2 Å². The molecule has 0 spiro atoms. The molecule has 0 atom stereocenters. The number of hydrogen-bond donors (Lipinski definition) is 0. The highest BCUT2D eigenvalue weighted by Gasteiger charge is 2.10. The van der Waals surface area contributed by atoms with Crippen LogP contribution < -0.4 is 4.90 Å². The van der Waals surface area contributed by atoms with Crippen LogP contribution in [0.4, 0.5) is 5.82 Å². The van der Waals surface area contributed by atoms with Gasteiger partial charge in [-0.3, -0.25) is 0 Å². The molecule has 2 aromatic rings. The van der Waals surface area contributed by atoms with Gasteiger partial charge in [0, 0.05) is 19.7 Å². The van der Waals surface area contributed by atoms with E-state index in [9.17, 15) is 0 Å². The van der Waals surface area contributed by atoms with Gasteiger partial charge in [0.25, 0.3) is 5.78 Å². The molecule has 2 aromatic heterocycles. The van der Waals surface area contributed by atoms with Crippen molar-refractivity contribution in [2.45, 2.75) is 26.2 Å². The average molecular weight is 254 g/mol. The zero-order valence-electron chi connectivity index (χ0n) is 10.1. The third-order valence-corrected chi connectivity index (χ3v) is 2.88. The Labute approximate surface area is 105 Å². The SMILES string of the molecule is CCCCCN(C)c1cc(Cl)nc2ncnn12. The number of rotatable bonds is 5. The minimum absolute atomic E-state index is 0.447. The molecule has 2 rings (SSSR count). The highest BCUT2D eigenvalue weighted by molar-refractivity contribution is 6.29. The third-order valence-electron chi connectivity index (χ3n) is 2.69. The maximum atomic E-state index is 5.97. The number of aromatic nitrogens is 4. The van der Waals surface area contributed by atoms with Crippen LogP contribution >= 0.6 is 11.6 Å². The molecule has 6 heteroatoms. The van der Waals surface area contributed by atoms with Crippen molar-refractivity contribution < 1.29 is 0 Å². The van der Waals surface area contributed by atoms with Gasteiger partial charge >= 0.3 is 0 Å². The molecular formula is C11H16ClN5. The molecular weight excluding hydrogens is 238 g/mol. The zero-order chi connectivity index (χ0) is 12.3. The average Bonchev–Trinajstić information content (AvgIpc) is 2.75. The van der Waals surface area contributed by atoms with Gasteiger partial charge in [-0.1, -0.05) is 31.4 Å². The zero-order valence-corrected chi connectivity index (χ0v) is 10.9. The number of hydrogen-bond acceptors (Lipinski definition) is 4. The van der Waals surface area contributed by atoms with Crippen LogP contribution in [0.3, 0.4) is 0 Å². The largest absolute Gasteiger partial charge is 0.359 e. The molecule has 5 nitrogen and oxygen atoms in total. The lowest BCUT2D eigenvalue weighted by Gasteiger charge is -2.19. The summed E-state index contributed by atoms with van der Waals surface area (Å²) in [5.41, 5.74) is 0. The maximum Gasteiger partial charge on any atom is 0.255 e. The molecule has 0 N–H and O–H groups in total. The lowest BCUT2D eigenvalue weighted by atomic mass is 10.2. The summed E-state index contributed by atoms with van der Waals surface area (Å²) in [5, 5.41) is 4.60. The van der Waals surface area contributed by atoms with Gasteiger partial charge in [-0.05, 0) is 6.42 Å². The molecule has 0 fully saturated rings. The summed E-state index contributed by atoms with van der Waals surface area (Å²) < 4.78 is 1.71. The molecule has 0 aromatic carbocycles. The molecule has 0 saturated heterocycles. The smallest absolute Gasteiger partial charge is 0.255 e. The summed E-state index contributed by atoms with van der Waals surface area (Å²) in [5.74, 6) is 1.46. The van der Waals surface area contributed by atoms with Gasteiger partial charge in [-0.25, -0.2) is 0 Å². The van der Waals surface area contributed by atoms with E-state index in [0.717, 1.165) is 18.8 Å². The second-order valence-corrected chi connectivity index (χ2v) is 4.42. The van der Waals surface area contributed by atoms with Crippen LogP contribution in [0.1, 0.15) is 26.2 Å². The molecule has 0 bridgehead atoms. The number of anilines is 1. The van der Waals surface area contributed by atoms with Crippen molar-refractivity contribution in [1.29, 1.82) is 0 Å². The number of halogens is 1. The first-order chi connectivity index (χ1) is 8.22. The summed E-state index contributed by atoms with van der Waals surface area (Å²) in [6.45, 7) is 3.17. The summed E-state index contributed by atoms with van der Waals surface area (Å²) >= 11 is 5.97. The monoisotopic (exact) mass is 253 g/mol. The minimum Gasteiger partial charge on any atom is -0.359 e. The van der Waals surface area contributed by atoms with Gasteiger partial charge in [0.2, 0.25) is 0 Å². The molecule has 0 amide bonds. The number of nitrogens with zero attached hydrogens (tertiary/aromatic N) is 5. The van der Waals surface area contributed by atoms with E-state index < -0.39 is 0 Å². The van der Waals surface area contributed by atoms with Crippen LogP contribution in [0.5, 0.6) is 0 Å². The van der Waals surface area contributed by atoms with Gasteiger partial charge in [0.05, 0.1) is 0 Å². The van der Waals surface area contributed by atoms with Crippen LogP contribution in [0.25, 0.3) is 5.78 Å². The molecule has 92 valence electrons. The van der Waals surface area contributed by atoms with Crippen molar-refractivity contribution in [1.82, 2.24) is 19.6 Å². The van der Waals surface area contributed by atoms with Gasteiger partial charge in [-0.15, -0.1) is 0 Å². The highest BCUT2D eigenvalue weighted by atomic mass is 35.5. The third kappa shape index (κ3) is 2.66. The fourth-order valence-electron chi connectivity index (χ4n) is 1.75. The predicted molar refractivity (Wildman–Crippen MR) is 68.6 cm³/mol. The minimum atomic E-state index is 0.447. The van der Waals surface area contributed by atoms with E-state index in [4.69, 9.17) is 11.6 Å². The first-order valence-electron chi connectivity index (χ1n) is 5.79. The van der Waals surface area contributed by atoms with Crippen LogP contribution in [0.15, 0.2) is 12.4 Å². The Kier molecular flexibility index (Phi) is 3.78. The van der Waals surface area contributed by atoms with Gasteiger partial charge < -0.3 is 4.90 Å². The molecule has 17 heavy (non-hydrogen) atoms. The van der Waals surface area contributed by atoms with Gasteiger partial charge in [0.15, 0.2) is 0 Å². The maximum absolute atomic E-state index is 5.97. The topological polar surface area (TPSA) is 46.3 Å². The van der Waals surface area contributed by atoms with Crippen molar-refractivity contribution in [2.24, 2.45) is 0 Å². The Morgan fingerprint density at radius 1 is 1.41 bits per heavy atom. The van der Waals surface area contributed by atoms with Crippen LogP contribution in [-0.2, 0) is 0 Å². The standard InChI is InChI=1S/C11H16ClN5/c1-3-4-5-6-16(2)10-7-9(12)15-11-13-8-14-17(10)11/h7-8H,3-6H2,1-2H3. The van der Waals surface area contributed by atoms with E-state index in [2.05, 4.69) is 26.9 Å². The van der Waals surface area contributed by atoms with Crippen molar-refractivity contribution in [3.05, 3.63) is 17.5 Å². The van der Waals surface area contributed by atoms with Crippen LogP contribution in [0, 0.1) is 0 Å². The molecule has 0 unspecified atom stereocenters. The van der Waals surface area contributed by atoms with Crippen molar-refractivity contribution in [3.8, 4) is 0 Å². The summed E-state index contributed by atoms with van der Waals surface area (Å²) in [6, 6.07) is 1.81. The highest BCUT2D eigenvalue weighted by Crippen LogP contribution is 2.18. The van der Waals surface area contributed by atoms with Crippen LogP contribution in [0.2, 0.25) is 5.15 Å². The molecule has 0 saturated carbocycles. The predicted octanol–water partition coefficient (Wildman–Crippen LogP) is 2.40. The van der Waals surface area contributed by atoms with E-state index >= 15 is 0 Å². The summed E-state index contributed by atoms with van der Waals surface area (Å²) in [4.78, 5) is 10.3. The first kappa shape index (κ1) is 12.1. The molecule has 0 aliphatic heterocycles. The normalized spacial score (nSPS) is 11.0. The molecule has 0 radical (unpaired) electrons. The molecule has 2 heterocycles. The quantitative estimate of drug-likeness (QED) is 0.606. The van der Waals surface area contributed by atoms with E-state index in [0.29, 0.717) is 10.9 Å². The Morgan fingerprint density at radius 2 is 2.24 bits per heavy atom. The Morgan fingerprint density at radius 3 is 3.00 bits per heavy atom. The lowest BCUT2D eigenvalue weighted by molar-refractivity contribution is 0.694. The Bertz CT molecular complexity index is 496. The number of fused-ring (bicyclic) bond motifs is 1. The van der Waals surface area contributed by atoms with E-state index in [1.807, 2.05) is 13.1 Å². The van der Waals surface area contributed by atoms with Gasteiger partial charge in [0.1, 0.15) is 17.3 Å². The van der Waals surface area contributed by atoms with Crippen molar-refractivity contribution in [3.63, 3.8) is 0 Å². The molecule has 0 aliphatic rings. The fraction of sp³-hybridized carbons (Fsp3) is 0.545. The van der Waals surface area contributed by atoms with Crippen molar-refractivity contribution >= 4 is 23.2 Å². The second-order valence-electron chi connectivity index (χ2n) is 4.04. The van der Waals surface area contributed by atoms with Crippen molar-refractivity contribution in [2.75, 3.05) is 18.5 Å². The van der Waals surface area contributed by atoms with Gasteiger partial charge in [-0.2, -0.15) is 19.6 Å². The Hall–Kier alpha value is -1.36. The first-order valence-corrected chi connectivity index (χ1v) is 6.17. The van der Waals surface area contributed by atoms with E-state index in [1.165, 1.54) is 19.2 Å². The van der Waals surface area contributed by atoms with E-state index in [-0.39, 0.29) is 0 Å². The Balaban J connectivity index is 2.24. The molecule has 0 aliphatic carbocycles.